The molecule has 3 aliphatic heterocycles. The van der Waals surface area contributed by atoms with Crippen LogP contribution in [0.4, 0.5) is 0 Å². The molecule has 1 aromatic heterocycles. The van der Waals surface area contributed by atoms with Crippen molar-refractivity contribution < 1.29 is 4.79 Å². The molecule has 2 aromatic rings. The average molecular weight is 327 g/mol. The molecule has 1 amide bonds. The lowest BCUT2D eigenvalue weighted by atomic mass is 9.84. The van der Waals surface area contributed by atoms with Crippen LogP contribution in [0.3, 0.4) is 0 Å². The second-order valence-corrected chi connectivity index (χ2v) is 7.52. The summed E-state index contributed by atoms with van der Waals surface area (Å²) >= 11 is 1.49. The Morgan fingerprint density at radius 1 is 1.26 bits per heavy atom. The monoisotopic (exact) mass is 327 g/mol. The van der Waals surface area contributed by atoms with Crippen LogP contribution in [0.15, 0.2) is 30.3 Å². The second-order valence-electron chi connectivity index (χ2n) is 6.52. The lowest BCUT2D eigenvalue weighted by molar-refractivity contribution is 0.0620. The number of piperidine rings is 3. The molecule has 4 heterocycles. The first-order valence-electron chi connectivity index (χ1n) is 8.27. The quantitative estimate of drug-likeness (QED) is 0.943. The number of fused-ring (bicyclic) bond motifs is 3. The predicted octanol–water partition coefficient (Wildman–Crippen LogP) is 2.94. The lowest BCUT2D eigenvalue weighted by Crippen LogP contribution is -2.57. The van der Waals surface area contributed by atoms with Gasteiger partial charge in [-0.1, -0.05) is 30.3 Å². The maximum Gasteiger partial charge on any atom is 0.280 e. The summed E-state index contributed by atoms with van der Waals surface area (Å²) in [7, 11) is 0. The van der Waals surface area contributed by atoms with E-state index in [0.717, 1.165) is 22.7 Å². The Bertz CT molecular complexity index is 704. The highest BCUT2D eigenvalue weighted by Crippen LogP contribution is 2.31. The molecule has 0 spiro atoms. The summed E-state index contributed by atoms with van der Waals surface area (Å²) in [6, 6.07) is 10.4. The van der Waals surface area contributed by atoms with Crippen molar-refractivity contribution in [2.45, 2.75) is 25.8 Å². The van der Waals surface area contributed by atoms with Gasteiger partial charge in [-0.2, -0.15) is 0 Å². The first-order valence-corrected chi connectivity index (χ1v) is 9.08. The van der Waals surface area contributed by atoms with Gasteiger partial charge in [0.25, 0.3) is 5.91 Å². The molecule has 120 valence electrons. The maximum absolute atomic E-state index is 12.6. The average Bonchev–Trinajstić information content (AvgIpc) is 2.99. The van der Waals surface area contributed by atoms with Crippen molar-refractivity contribution in [2.75, 3.05) is 19.6 Å². The Kier molecular flexibility index (Phi) is 3.91. The van der Waals surface area contributed by atoms with Crippen molar-refractivity contribution >= 4 is 17.2 Å². The number of nitrogens with one attached hydrogen (secondary N) is 1. The minimum absolute atomic E-state index is 0.0148. The molecule has 23 heavy (non-hydrogen) atoms. The largest absolute Gasteiger partial charge is 0.346 e. The Hall–Kier alpha value is -1.72. The van der Waals surface area contributed by atoms with Gasteiger partial charge in [0.15, 0.2) is 5.01 Å². The molecular formula is C18H21N3OS. The molecule has 2 bridgehead atoms. The van der Waals surface area contributed by atoms with Crippen LogP contribution in [-0.2, 0) is 0 Å². The van der Waals surface area contributed by atoms with E-state index in [1.807, 2.05) is 25.1 Å². The van der Waals surface area contributed by atoms with E-state index in [0.29, 0.717) is 10.9 Å². The number of rotatable bonds is 3. The van der Waals surface area contributed by atoms with E-state index >= 15 is 0 Å². The molecule has 3 fully saturated rings. The third-order valence-electron chi connectivity index (χ3n) is 5.00. The smallest absolute Gasteiger partial charge is 0.280 e. The zero-order valence-corrected chi connectivity index (χ0v) is 14.1. The summed E-state index contributed by atoms with van der Waals surface area (Å²) in [5, 5.41) is 3.81. The SMILES string of the molecule is Cc1nc(C(=O)NC2CN3CCC2CC3)sc1-c1ccccc1. The third-order valence-corrected chi connectivity index (χ3v) is 6.20. The van der Waals surface area contributed by atoms with Crippen LogP contribution in [-0.4, -0.2) is 41.5 Å². The van der Waals surface area contributed by atoms with E-state index in [9.17, 15) is 4.79 Å². The van der Waals surface area contributed by atoms with Gasteiger partial charge in [-0.15, -0.1) is 11.3 Å². The second kappa shape index (κ2) is 6.06. The number of hydrogen-bond donors (Lipinski definition) is 1. The first-order chi connectivity index (χ1) is 11.2. The number of carbonyl (C=O) groups is 1. The van der Waals surface area contributed by atoms with Gasteiger partial charge in [-0.05, 0) is 44.3 Å². The van der Waals surface area contributed by atoms with Crippen LogP contribution in [0.1, 0.15) is 28.3 Å². The molecule has 1 aromatic carbocycles. The highest BCUT2D eigenvalue weighted by molar-refractivity contribution is 7.17. The Morgan fingerprint density at radius 3 is 2.65 bits per heavy atom. The molecule has 3 saturated heterocycles. The topological polar surface area (TPSA) is 45.2 Å². The van der Waals surface area contributed by atoms with Crippen LogP contribution >= 0.6 is 11.3 Å². The minimum atomic E-state index is -0.0148. The summed E-state index contributed by atoms with van der Waals surface area (Å²) in [5.74, 6) is 0.623. The number of hydrogen-bond acceptors (Lipinski definition) is 4. The van der Waals surface area contributed by atoms with Crippen LogP contribution < -0.4 is 5.32 Å². The number of carbonyl (C=O) groups excluding carboxylic acids is 1. The molecule has 0 saturated carbocycles. The predicted molar refractivity (Wildman–Crippen MR) is 92.7 cm³/mol. The molecule has 1 atom stereocenters. The molecule has 0 aliphatic carbocycles. The number of benzene rings is 1. The van der Waals surface area contributed by atoms with Crippen LogP contribution in [0.25, 0.3) is 10.4 Å². The Morgan fingerprint density at radius 2 is 2.00 bits per heavy atom. The number of amides is 1. The lowest BCUT2D eigenvalue weighted by Gasteiger charge is -2.44. The summed E-state index contributed by atoms with van der Waals surface area (Å²) < 4.78 is 0. The van der Waals surface area contributed by atoms with Gasteiger partial charge in [0.05, 0.1) is 10.6 Å². The van der Waals surface area contributed by atoms with E-state index in [4.69, 9.17) is 0 Å². The van der Waals surface area contributed by atoms with Crippen LogP contribution in [0.5, 0.6) is 0 Å². The summed E-state index contributed by atoms with van der Waals surface area (Å²) in [6.45, 7) is 5.34. The highest BCUT2D eigenvalue weighted by Gasteiger charge is 2.35. The third kappa shape index (κ3) is 2.91. The Labute approximate surface area is 140 Å². The molecule has 0 radical (unpaired) electrons. The fourth-order valence-corrected chi connectivity index (χ4v) is 4.68. The fraction of sp³-hybridized carbons (Fsp3) is 0.444. The Balaban J connectivity index is 1.51. The minimum Gasteiger partial charge on any atom is -0.346 e. The van der Waals surface area contributed by atoms with E-state index in [1.54, 1.807) is 0 Å². The zero-order chi connectivity index (χ0) is 15.8. The van der Waals surface area contributed by atoms with Gasteiger partial charge in [-0.3, -0.25) is 4.79 Å². The standard InChI is InChI=1S/C18H21N3OS/c1-12-16(14-5-3-2-4-6-14)23-18(19-12)17(22)20-15-11-21-9-7-13(15)8-10-21/h2-6,13,15H,7-11H2,1H3,(H,20,22). The molecule has 1 N–H and O–H groups in total. The van der Waals surface area contributed by atoms with Crippen molar-refractivity contribution in [3.8, 4) is 10.4 Å². The molecule has 5 rings (SSSR count). The summed E-state index contributed by atoms with van der Waals surface area (Å²) in [6.07, 6.45) is 2.41. The number of aromatic nitrogens is 1. The molecular weight excluding hydrogens is 306 g/mol. The highest BCUT2D eigenvalue weighted by atomic mass is 32.1. The first kappa shape index (κ1) is 14.8. The number of thiazole rings is 1. The van der Waals surface area contributed by atoms with Gasteiger partial charge >= 0.3 is 0 Å². The van der Waals surface area contributed by atoms with E-state index in [1.165, 1.54) is 37.3 Å². The maximum atomic E-state index is 12.6. The molecule has 5 heteroatoms. The van der Waals surface area contributed by atoms with E-state index in [2.05, 4.69) is 27.3 Å². The normalized spacial score (nSPS) is 26.2. The van der Waals surface area contributed by atoms with E-state index < -0.39 is 0 Å². The van der Waals surface area contributed by atoms with Crippen molar-refractivity contribution in [1.82, 2.24) is 15.2 Å². The molecule has 1 unspecified atom stereocenters. The zero-order valence-electron chi connectivity index (χ0n) is 13.3. The van der Waals surface area contributed by atoms with Crippen LogP contribution in [0, 0.1) is 12.8 Å². The number of nitrogens with zero attached hydrogens (tertiary/aromatic N) is 2. The van der Waals surface area contributed by atoms with Gasteiger partial charge in [-0.25, -0.2) is 4.98 Å². The summed E-state index contributed by atoms with van der Waals surface area (Å²) in [4.78, 5) is 20.7. The van der Waals surface area contributed by atoms with Gasteiger partial charge in [0, 0.05) is 12.6 Å². The van der Waals surface area contributed by atoms with Crippen LogP contribution in [0.2, 0.25) is 0 Å². The van der Waals surface area contributed by atoms with Gasteiger partial charge < -0.3 is 10.2 Å². The van der Waals surface area contributed by atoms with Gasteiger partial charge in [0.1, 0.15) is 0 Å². The van der Waals surface area contributed by atoms with Crippen molar-refractivity contribution in [3.05, 3.63) is 41.0 Å². The summed E-state index contributed by atoms with van der Waals surface area (Å²) in [5.41, 5.74) is 2.06. The molecule has 3 aliphatic rings. The molecule has 4 nitrogen and oxygen atoms in total. The van der Waals surface area contributed by atoms with Crippen molar-refractivity contribution in [2.24, 2.45) is 5.92 Å². The van der Waals surface area contributed by atoms with E-state index in [-0.39, 0.29) is 11.9 Å². The number of aryl methyl sites for hydroxylation is 1. The van der Waals surface area contributed by atoms with Crippen molar-refractivity contribution in [3.63, 3.8) is 0 Å². The van der Waals surface area contributed by atoms with Gasteiger partial charge in [0.2, 0.25) is 0 Å². The fourth-order valence-electron chi connectivity index (χ4n) is 3.71. The van der Waals surface area contributed by atoms with Crippen molar-refractivity contribution in [1.29, 1.82) is 0 Å².